The van der Waals surface area contributed by atoms with Gasteiger partial charge in [0.2, 0.25) is 0 Å². The van der Waals surface area contributed by atoms with E-state index in [1.807, 2.05) is 20.8 Å². The highest BCUT2D eigenvalue weighted by Crippen LogP contribution is 2.25. The van der Waals surface area contributed by atoms with E-state index in [2.05, 4.69) is 4.98 Å². The molecule has 3 rings (SSSR count). The zero-order chi connectivity index (χ0) is 21.0. The third-order valence-corrected chi connectivity index (χ3v) is 4.62. The summed E-state index contributed by atoms with van der Waals surface area (Å²) in [7, 11) is 0. The molecular formula is C22H27FN2O4. The summed E-state index contributed by atoms with van der Waals surface area (Å²) >= 11 is 0. The van der Waals surface area contributed by atoms with Crippen LogP contribution in [0.15, 0.2) is 42.6 Å². The van der Waals surface area contributed by atoms with Crippen LogP contribution in [0.1, 0.15) is 51.0 Å². The first-order valence-corrected chi connectivity index (χ1v) is 9.75. The molecule has 0 bridgehead atoms. The number of carbonyl (C=O) groups excluding carboxylic acids is 1. The molecule has 29 heavy (non-hydrogen) atoms. The van der Waals surface area contributed by atoms with Crippen molar-refractivity contribution in [3.8, 4) is 5.75 Å². The molecule has 1 aliphatic heterocycles. The van der Waals surface area contributed by atoms with E-state index in [4.69, 9.17) is 9.47 Å². The summed E-state index contributed by atoms with van der Waals surface area (Å²) in [5, 5.41) is 10.4. The van der Waals surface area contributed by atoms with Crippen LogP contribution in [-0.2, 0) is 4.74 Å². The van der Waals surface area contributed by atoms with Crippen LogP contribution in [0, 0.1) is 5.82 Å². The molecule has 1 saturated heterocycles. The first-order valence-electron chi connectivity index (χ1n) is 9.75. The number of ether oxygens (including phenoxy) is 2. The monoisotopic (exact) mass is 402 g/mol. The van der Waals surface area contributed by atoms with Crippen molar-refractivity contribution in [3.05, 3.63) is 59.7 Å². The molecule has 2 heterocycles. The van der Waals surface area contributed by atoms with Gasteiger partial charge in [-0.1, -0.05) is 12.1 Å². The number of piperidine rings is 1. The van der Waals surface area contributed by atoms with Gasteiger partial charge in [0.25, 0.3) is 0 Å². The Labute approximate surface area is 170 Å². The number of nitrogens with zero attached hydrogens (tertiary/aromatic N) is 2. The second kappa shape index (κ2) is 8.78. The molecule has 6 nitrogen and oxygen atoms in total. The van der Waals surface area contributed by atoms with Gasteiger partial charge in [-0.25, -0.2) is 9.18 Å². The fourth-order valence-corrected chi connectivity index (χ4v) is 3.12. The molecule has 1 aromatic heterocycles. The molecular weight excluding hydrogens is 375 g/mol. The first kappa shape index (κ1) is 21.0. The van der Waals surface area contributed by atoms with Crippen molar-refractivity contribution in [1.29, 1.82) is 0 Å². The standard InChI is InChI=1S/C22H27FN2O4/c1-22(2,3)29-21(27)25-12-10-18(11-13-25)28-17-7-4-15(5-8-17)20(26)19-9-6-16(23)14-24-19/h4-9,14,18,20,26H,10-13H2,1-3H3. The second-order valence-corrected chi connectivity index (χ2v) is 8.16. The predicted octanol–water partition coefficient (Wildman–Crippen LogP) is 4.08. The van der Waals surface area contributed by atoms with E-state index >= 15 is 0 Å². The molecule has 0 saturated carbocycles. The summed E-state index contributed by atoms with van der Waals surface area (Å²) in [6, 6.07) is 9.85. The summed E-state index contributed by atoms with van der Waals surface area (Å²) in [5.74, 6) is 0.256. The van der Waals surface area contributed by atoms with Crippen LogP contribution in [-0.4, -0.2) is 45.9 Å². The van der Waals surface area contributed by atoms with E-state index < -0.39 is 17.5 Å². The first-order chi connectivity index (χ1) is 13.7. The lowest BCUT2D eigenvalue weighted by atomic mass is 10.1. The number of rotatable bonds is 4. The smallest absolute Gasteiger partial charge is 0.410 e. The molecule has 1 aromatic carbocycles. The Balaban J connectivity index is 1.52. The highest BCUT2D eigenvalue weighted by atomic mass is 19.1. The number of amides is 1. The number of aliphatic hydroxyl groups is 1. The molecule has 1 N–H and O–H groups in total. The van der Waals surface area contributed by atoms with Gasteiger partial charge in [-0.05, 0) is 50.6 Å². The molecule has 156 valence electrons. The maximum atomic E-state index is 13.0. The van der Waals surface area contributed by atoms with Crippen LogP contribution in [0.5, 0.6) is 5.75 Å². The second-order valence-electron chi connectivity index (χ2n) is 8.16. The highest BCUT2D eigenvalue weighted by molar-refractivity contribution is 5.68. The van der Waals surface area contributed by atoms with Gasteiger partial charge in [0.05, 0.1) is 11.9 Å². The number of aliphatic hydroxyl groups excluding tert-OH is 1. The number of likely N-dealkylation sites (tertiary alicyclic amines) is 1. The molecule has 0 radical (unpaired) electrons. The van der Waals surface area contributed by atoms with Gasteiger partial charge in [-0.3, -0.25) is 4.98 Å². The molecule has 0 spiro atoms. The van der Waals surface area contributed by atoms with Gasteiger partial charge in [0.15, 0.2) is 0 Å². The number of hydrogen-bond donors (Lipinski definition) is 1. The fourth-order valence-electron chi connectivity index (χ4n) is 3.12. The maximum Gasteiger partial charge on any atom is 0.410 e. The molecule has 2 aromatic rings. The lowest BCUT2D eigenvalue weighted by molar-refractivity contribution is 0.0126. The van der Waals surface area contributed by atoms with Gasteiger partial charge >= 0.3 is 6.09 Å². The molecule has 1 unspecified atom stereocenters. The van der Waals surface area contributed by atoms with Crippen LogP contribution in [0.25, 0.3) is 0 Å². The van der Waals surface area contributed by atoms with Crippen molar-refractivity contribution >= 4 is 6.09 Å². The molecule has 0 aliphatic carbocycles. The minimum atomic E-state index is -0.929. The van der Waals surface area contributed by atoms with Crippen LogP contribution >= 0.6 is 0 Å². The van der Waals surface area contributed by atoms with E-state index in [9.17, 15) is 14.3 Å². The van der Waals surface area contributed by atoms with Crippen molar-refractivity contribution in [2.24, 2.45) is 0 Å². The molecule has 1 aliphatic rings. The van der Waals surface area contributed by atoms with E-state index in [-0.39, 0.29) is 12.2 Å². The molecule has 1 fully saturated rings. The zero-order valence-corrected chi connectivity index (χ0v) is 17.0. The van der Waals surface area contributed by atoms with Crippen LogP contribution in [0.2, 0.25) is 0 Å². The number of hydrogen-bond acceptors (Lipinski definition) is 5. The van der Waals surface area contributed by atoms with E-state index in [1.54, 1.807) is 29.2 Å². The minimum Gasteiger partial charge on any atom is -0.490 e. The van der Waals surface area contributed by atoms with Crippen molar-refractivity contribution in [2.45, 2.75) is 51.4 Å². The lowest BCUT2D eigenvalue weighted by Gasteiger charge is -2.33. The van der Waals surface area contributed by atoms with Gasteiger partial charge in [-0.15, -0.1) is 0 Å². The van der Waals surface area contributed by atoms with Crippen LogP contribution in [0.3, 0.4) is 0 Å². The Morgan fingerprint density at radius 1 is 1.17 bits per heavy atom. The predicted molar refractivity (Wildman–Crippen MR) is 106 cm³/mol. The van der Waals surface area contributed by atoms with Crippen molar-refractivity contribution in [2.75, 3.05) is 13.1 Å². The largest absolute Gasteiger partial charge is 0.490 e. The Morgan fingerprint density at radius 2 is 1.83 bits per heavy atom. The third-order valence-electron chi connectivity index (χ3n) is 4.62. The average molecular weight is 402 g/mol. The Kier molecular flexibility index (Phi) is 6.37. The summed E-state index contributed by atoms with van der Waals surface area (Å²) < 4.78 is 24.4. The van der Waals surface area contributed by atoms with E-state index in [0.29, 0.717) is 30.1 Å². The zero-order valence-electron chi connectivity index (χ0n) is 17.0. The lowest BCUT2D eigenvalue weighted by Crippen LogP contribution is -2.44. The Hall–Kier alpha value is -2.67. The van der Waals surface area contributed by atoms with Gasteiger partial charge in [-0.2, -0.15) is 0 Å². The number of halogens is 1. The SMILES string of the molecule is CC(C)(C)OC(=O)N1CCC(Oc2ccc(C(O)c3ccc(F)cn3)cc2)CC1. The van der Waals surface area contributed by atoms with E-state index in [1.165, 1.54) is 12.1 Å². The van der Waals surface area contributed by atoms with Gasteiger partial charge in [0.1, 0.15) is 29.4 Å². The number of carbonyl (C=O) groups is 1. The Morgan fingerprint density at radius 3 is 2.38 bits per heavy atom. The Bertz CT molecular complexity index is 810. The topological polar surface area (TPSA) is 71.9 Å². The summed E-state index contributed by atoms with van der Waals surface area (Å²) in [6.45, 7) is 6.74. The summed E-state index contributed by atoms with van der Waals surface area (Å²) in [6.07, 6.45) is 1.33. The molecule has 1 atom stereocenters. The van der Waals surface area contributed by atoms with E-state index in [0.717, 1.165) is 19.0 Å². The average Bonchev–Trinajstić information content (AvgIpc) is 2.68. The van der Waals surface area contributed by atoms with Crippen LogP contribution in [0.4, 0.5) is 9.18 Å². The van der Waals surface area contributed by atoms with Crippen LogP contribution < -0.4 is 4.74 Å². The summed E-state index contributed by atoms with van der Waals surface area (Å²) in [5.41, 5.74) is 0.533. The number of benzene rings is 1. The number of pyridine rings is 1. The maximum absolute atomic E-state index is 13.0. The third kappa shape index (κ3) is 5.90. The van der Waals surface area contributed by atoms with Crippen molar-refractivity contribution < 1.29 is 23.8 Å². The number of aromatic nitrogens is 1. The van der Waals surface area contributed by atoms with Gasteiger partial charge in [0, 0.05) is 25.9 Å². The quantitative estimate of drug-likeness (QED) is 0.834. The molecule has 7 heteroatoms. The highest BCUT2D eigenvalue weighted by Gasteiger charge is 2.27. The molecule has 1 amide bonds. The fraction of sp³-hybridized carbons (Fsp3) is 0.455. The summed E-state index contributed by atoms with van der Waals surface area (Å²) in [4.78, 5) is 17.8. The normalized spacial score (nSPS) is 16.4. The minimum absolute atomic E-state index is 0.0169. The van der Waals surface area contributed by atoms with Crippen molar-refractivity contribution in [1.82, 2.24) is 9.88 Å². The van der Waals surface area contributed by atoms with Crippen molar-refractivity contribution in [3.63, 3.8) is 0 Å². The van der Waals surface area contributed by atoms with Gasteiger partial charge < -0.3 is 19.5 Å².